The van der Waals surface area contributed by atoms with Crippen molar-refractivity contribution in [1.29, 1.82) is 0 Å². The Morgan fingerprint density at radius 3 is 1.09 bits per heavy atom. The van der Waals surface area contributed by atoms with Gasteiger partial charge in [0.1, 0.15) is 48.8 Å². The van der Waals surface area contributed by atoms with Gasteiger partial charge in [0.2, 0.25) is 5.91 Å². The molecule has 0 spiro atoms. The summed E-state index contributed by atoms with van der Waals surface area (Å²) in [6, 6.07) is -0.930. The first-order valence-electron chi connectivity index (χ1n) is 38.6. The Bertz CT molecular complexity index is 1600. The number of aliphatic hydroxyl groups is 8. The first-order valence-corrected chi connectivity index (χ1v) is 38.6. The van der Waals surface area contributed by atoms with Crippen LogP contribution in [0.3, 0.4) is 0 Å². The number of nitrogens with one attached hydrogen (secondary N) is 1. The molecular formula is C76H145NO13. The monoisotopic (exact) mass is 1280 g/mol. The van der Waals surface area contributed by atoms with Gasteiger partial charge in [0.25, 0.3) is 0 Å². The molecule has 0 aliphatic carbocycles. The summed E-state index contributed by atoms with van der Waals surface area (Å²) in [6.45, 7) is 2.85. The number of hydrogen-bond donors (Lipinski definition) is 9. The number of carbonyl (C=O) groups is 1. The molecule has 2 fully saturated rings. The van der Waals surface area contributed by atoms with Gasteiger partial charge in [-0.15, -0.1) is 0 Å². The van der Waals surface area contributed by atoms with Gasteiger partial charge in [0.15, 0.2) is 12.6 Å². The lowest BCUT2D eigenvalue weighted by molar-refractivity contribution is -0.359. The number of ether oxygens (including phenoxy) is 4. The molecule has 532 valence electrons. The highest BCUT2D eigenvalue weighted by atomic mass is 16.7. The van der Waals surface area contributed by atoms with Crippen molar-refractivity contribution in [3.05, 3.63) is 24.3 Å². The van der Waals surface area contributed by atoms with Crippen LogP contribution in [-0.2, 0) is 23.7 Å². The number of hydrogen-bond acceptors (Lipinski definition) is 13. The zero-order valence-electron chi connectivity index (χ0n) is 58.2. The molecule has 9 N–H and O–H groups in total. The molecule has 12 atom stereocenters. The predicted octanol–water partition coefficient (Wildman–Crippen LogP) is 16.7. The smallest absolute Gasteiger partial charge is 0.220 e. The Labute approximate surface area is 551 Å². The van der Waals surface area contributed by atoms with Gasteiger partial charge in [-0.25, -0.2) is 0 Å². The maximum Gasteiger partial charge on any atom is 0.220 e. The van der Waals surface area contributed by atoms with Crippen molar-refractivity contribution in [3.8, 4) is 0 Å². The maximum atomic E-state index is 13.4. The van der Waals surface area contributed by atoms with Gasteiger partial charge >= 0.3 is 0 Å². The fraction of sp³-hybridized carbons (Fsp3) is 0.934. The van der Waals surface area contributed by atoms with Gasteiger partial charge in [-0.05, 0) is 32.1 Å². The lowest BCUT2D eigenvalue weighted by Crippen LogP contribution is -2.65. The molecule has 14 heteroatoms. The number of unbranched alkanes of at least 4 members (excludes halogenated alkanes) is 50. The summed E-state index contributed by atoms with van der Waals surface area (Å²) >= 11 is 0. The van der Waals surface area contributed by atoms with Crippen LogP contribution in [0.25, 0.3) is 0 Å². The summed E-state index contributed by atoms with van der Waals surface area (Å²) in [6.07, 6.45) is 61.2. The fourth-order valence-electron chi connectivity index (χ4n) is 13.0. The van der Waals surface area contributed by atoms with Crippen molar-refractivity contribution >= 4 is 5.91 Å². The van der Waals surface area contributed by atoms with E-state index in [2.05, 4.69) is 31.3 Å². The Hall–Kier alpha value is -1.53. The van der Waals surface area contributed by atoms with Crippen molar-refractivity contribution < 1.29 is 64.6 Å². The van der Waals surface area contributed by atoms with E-state index < -0.39 is 86.8 Å². The van der Waals surface area contributed by atoms with Crippen LogP contribution in [-0.4, -0.2) is 140 Å². The van der Waals surface area contributed by atoms with Crippen LogP contribution in [0, 0.1) is 0 Å². The topological polar surface area (TPSA) is 228 Å². The summed E-state index contributed by atoms with van der Waals surface area (Å²) in [5.41, 5.74) is 0. The Morgan fingerprint density at radius 2 is 0.711 bits per heavy atom. The third-order valence-corrected chi connectivity index (χ3v) is 19.1. The molecule has 0 aromatic carbocycles. The quantitative estimate of drug-likeness (QED) is 0.0204. The van der Waals surface area contributed by atoms with Crippen LogP contribution in [0.15, 0.2) is 24.3 Å². The summed E-state index contributed by atoms with van der Waals surface area (Å²) in [7, 11) is 0. The minimum absolute atomic E-state index is 0.240. The number of aliphatic hydroxyl groups excluding tert-OH is 8. The average Bonchev–Trinajstić information content (AvgIpc) is 1.31. The van der Waals surface area contributed by atoms with E-state index in [1.165, 1.54) is 295 Å². The second-order valence-corrected chi connectivity index (χ2v) is 27.5. The summed E-state index contributed by atoms with van der Waals surface area (Å²) in [5, 5.41) is 87.6. The third-order valence-electron chi connectivity index (χ3n) is 19.1. The molecule has 0 aromatic rings. The fourth-order valence-corrected chi connectivity index (χ4v) is 13.0. The molecule has 2 aliphatic rings. The molecule has 2 saturated heterocycles. The molecule has 90 heavy (non-hydrogen) atoms. The Morgan fingerprint density at radius 1 is 0.389 bits per heavy atom. The minimum Gasteiger partial charge on any atom is -0.394 e. The van der Waals surface area contributed by atoms with Crippen LogP contribution in [0.5, 0.6) is 0 Å². The minimum atomic E-state index is -1.79. The van der Waals surface area contributed by atoms with Crippen molar-refractivity contribution in [2.24, 2.45) is 0 Å². The van der Waals surface area contributed by atoms with Crippen molar-refractivity contribution in [2.75, 3.05) is 19.8 Å². The maximum absolute atomic E-state index is 13.4. The van der Waals surface area contributed by atoms with Crippen molar-refractivity contribution in [1.82, 2.24) is 5.32 Å². The van der Waals surface area contributed by atoms with Crippen molar-refractivity contribution in [3.63, 3.8) is 0 Å². The largest absolute Gasteiger partial charge is 0.394 e. The molecule has 14 nitrogen and oxygen atoms in total. The van der Waals surface area contributed by atoms with Gasteiger partial charge < -0.3 is 65.1 Å². The van der Waals surface area contributed by atoms with E-state index in [0.29, 0.717) is 12.8 Å². The molecule has 1 amide bonds. The van der Waals surface area contributed by atoms with E-state index in [0.717, 1.165) is 32.1 Å². The lowest BCUT2D eigenvalue weighted by atomic mass is 9.97. The SMILES string of the molecule is CCCCCCCCCCCCCCCCCCCCC/C=C/CC/C=C/C(O)C(COC1OC(CO)C(OC2OC(CO)C(O)C(O)C2O)C(O)C1O)NC(=O)CCCCCCCCCCCCCCCCCCCCCCCCCCCCCCCCC. The van der Waals surface area contributed by atoms with E-state index in [1.54, 1.807) is 6.08 Å². The van der Waals surface area contributed by atoms with Crippen LogP contribution >= 0.6 is 0 Å². The van der Waals surface area contributed by atoms with Gasteiger partial charge in [-0.2, -0.15) is 0 Å². The normalized spacial score (nSPS) is 23.0. The lowest BCUT2D eigenvalue weighted by Gasteiger charge is -2.46. The molecular weight excluding hydrogens is 1130 g/mol. The summed E-state index contributed by atoms with van der Waals surface area (Å²) < 4.78 is 22.9. The van der Waals surface area contributed by atoms with E-state index in [4.69, 9.17) is 18.9 Å². The number of amides is 1. The summed E-state index contributed by atoms with van der Waals surface area (Å²) in [5.74, 6) is -0.240. The average molecular weight is 1280 g/mol. The predicted molar refractivity (Wildman–Crippen MR) is 369 cm³/mol. The van der Waals surface area contributed by atoms with Gasteiger partial charge in [-0.1, -0.05) is 346 Å². The van der Waals surface area contributed by atoms with Crippen molar-refractivity contribution in [2.45, 2.75) is 434 Å². The number of carbonyl (C=O) groups excluding carboxylic acids is 1. The number of rotatable bonds is 65. The molecule has 2 rings (SSSR count). The standard InChI is InChI=1S/C76H145NO13/c1-3-5-7-9-11-13-15-17-19-21-23-25-27-29-30-31-32-33-34-36-38-40-42-44-46-48-50-52-54-56-58-60-68(81)77-64(63-87-75-73(86)71(84)74(67(62-79)89-75)90-76-72(85)70(83)69(82)66(61-78)88-76)65(80)59-57-55-53-51-49-47-45-43-41-39-37-35-28-26-24-22-20-18-16-14-12-10-8-6-4-2/h49,51,57,59,64-67,69-76,78-80,82-86H,3-48,50,52-56,58,60-63H2,1-2H3,(H,77,81)/b51-49+,59-57+. The molecule has 0 aromatic heterocycles. The highest BCUT2D eigenvalue weighted by Gasteiger charge is 2.51. The van der Waals surface area contributed by atoms with E-state index >= 15 is 0 Å². The zero-order valence-corrected chi connectivity index (χ0v) is 58.2. The highest BCUT2D eigenvalue weighted by molar-refractivity contribution is 5.76. The second-order valence-electron chi connectivity index (χ2n) is 27.5. The Balaban J connectivity index is 1.64. The van der Waals surface area contributed by atoms with Gasteiger partial charge in [0.05, 0.1) is 32.0 Å². The molecule has 0 saturated carbocycles. The Kier molecular flexibility index (Phi) is 57.4. The molecule has 0 radical (unpaired) electrons. The van der Waals surface area contributed by atoms with E-state index in [9.17, 15) is 45.6 Å². The first kappa shape index (κ1) is 84.6. The van der Waals surface area contributed by atoms with Gasteiger partial charge in [-0.3, -0.25) is 4.79 Å². The van der Waals surface area contributed by atoms with Gasteiger partial charge in [0, 0.05) is 6.42 Å². The van der Waals surface area contributed by atoms with Crippen LogP contribution in [0.4, 0.5) is 0 Å². The summed E-state index contributed by atoms with van der Waals surface area (Å²) in [4.78, 5) is 13.4. The molecule has 2 aliphatic heterocycles. The third kappa shape index (κ3) is 44.3. The molecule has 2 heterocycles. The first-order chi connectivity index (χ1) is 44.1. The van der Waals surface area contributed by atoms with Crippen LogP contribution < -0.4 is 5.32 Å². The number of allylic oxidation sites excluding steroid dienone is 3. The van der Waals surface area contributed by atoms with Crippen LogP contribution in [0.2, 0.25) is 0 Å². The van der Waals surface area contributed by atoms with E-state index in [-0.39, 0.29) is 18.9 Å². The highest BCUT2D eigenvalue weighted by Crippen LogP contribution is 2.30. The van der Waals surface area contributed by atoms with E-state index in [1.807, 2.05) is 6.08 Å². The van der Waals surface area contributed by atoms with Crippen LogP contribution in [0.1, 0.15) is 361 Å². The molecule has 12 unspecified atom stereocenters. The molecule has 0 bridgehead atoms. The zero-order chi connectivity index (χ0) is 65.2. The second kappa shape index (κ2) is 61.1.